The van der Waals surface area contributed by atoms with Gasteiger partial charge in [-0.15, -0.1) is 0 Å². The van der Waals surface area contributed by atoms with E-state index in [4.69, 9.17) is 0 Å². The van der Waals surface area contributed by atoms with E-state index >= 15 is 0 Å². The number of piperazine rings is 1. The molecule has 1 saturated carbocycles. The Bertz CT molecular complexity index is 660. The predicted octanol–water partition coefficient (Wildman–Crippen LogP) is 4.65. The van der Waals surface area contributed by atoms with E-state index in [1.54, 1.807) is 0 Å². The van der Waals surface area contributed by atoms with Gasteiger partial charge in [0.1, 0.15) is 8.24 Å². The Hall–Kier alpha value is -1.16. The van der Waals surface area contributed by atoms with Gasteiger partial charge >= 0.3 is 0 Å². The Morgan fingerprint density at radius 2 is 1.69 bits per heavy atom. The molecule has 140 valence electrons. The fourth-order valence-corrected chi connectivity index (χ4v) is 10.8. The first-order valence-electron chi connectivity index (χ1n) is 10.4. The van der Waals surface area contributed by atoms with Crippen molar-refractivity contribution in [1.29, 1.82) is 0 Å². The molecule has 0 radical (unpaired) electrons. The van der Waals surface area contributed by atoms with Crippen molar-refractivity contribution in [2.45, 2.75) is 37.9 Å². The van der Waals surface area contributed by atoms with E-state index in [1.165, 1.54) is 25.1 Å². The van der Waals surface area contributed by atoms with Gasteiger partial charge in [0.15, 0.2) is 0 Å². The number of hydrogen-bond donors (Lipinski definition) is 1. The fraction of sp³-hybridized carbons (Fsp3) is 0.565. The zero-order valence-electron chi connectivity index (χ0n) is 16.6. The highest BCUT2D eigenvalue weighted by molar-refractivity contribution is 6.76. The SMILES string of the molecule is CC1CC2C(c3ccccc3)C=CC=CC2C1[Si](C)(C)N1CCNCC1. The summed E-state index contributed by atoms with van der Waals surface area (Å²) in [7, 11) is -1.48. The normalized spacial score (nSPS) is 35.3. The van der Waals surface area contributed by atoms with Crippen LogP contribution in [-0.4, -0.2) is 39.0 Å². The Labute approximate surface area is 160 Å². The lowest BCUT2D eigenvalue weighted by atomic mass is 9.80. The van der Waals surface area contributed by atoms with Crippen LogP contribution in [0.25, 0.3) is 0 Å². The van der Waals surface area contributed by atoms with Crippen LogP contribution in [0.15, 0.2) is 54.6 Å². The summed E-state index contributed by atoms with van der Waals surface area (Å²) in [6.45, 7) is 12.6. The Kier molecular flexibility index (Phi) is 5.22. The molecule has 2 aliphatic carbocycles. The van der Waals surface area contributed by atoms with Gasteiger partial charge < -0.3 is 9.88 Å². The average Bonchev–Trinajstić information content (AvgIpc) is 2.86. The Morgan fingerprint density at radius 1 is 1.00 bits per heavy atom. The standard InChI is InChI=1S/C23H34N2Si/c1-18-17-22-20(19-9-5-4-6-10-19)11-7-8-12-21(22)23(18)26(2,3)25-15-13-24-14-16-25/h4-12,18,20-24H,13-17H2,1-3H3. The summed E-state index contributed by atoms with van der Waals surface area (Å²) in [5.74, 6) is 2.87. The van der Waals surface area contributed by atoms with E-state index < -0.39 is 8.24 Å². The minimum Gasteiger partial charge on any atom is -0.321 e. The molecule has 1 N–H and O–H groups in total. The van der Waals surface area contributed by atoms with Gasteiger partial charge in [-0.25, -0.2) is 0 Å². The highest BCUT2D eigenvalue weighted by Gasteiger charge is 2.52. The molecule has 1 aliphatic heterocycles. The van der Waals surface area contributed by atoms with E-state index in [1.807, 2.05) is 0 Å². The number of nitrogens with one attached hydrogen (secondary N) is 1. The van der Waals surface area contributed by atoms with Gasteiger partial charge in [0.05, 0.1) is 0 Å². The maximum Gasteiger partial charge on any atom is 0.126 e. The van der Waals surface area contributed by atoms with Gasteiger partial charge in [0.2, 0.25) is 0 Å². The second-order valence-corrected chi connectivity index (χ2v) is 13.7. The van der Waals surface area contributed by atoms with Crippen LogP contribution in [0.2, 0.25) is 18.6 Å². The molecule has 0 aromatic heterocycles. The van der Waals surface area contributed by atoms with E-state index in [9.17, 15) is 0 Å². The van der Waals surface area contributed by atoms with Crippen molar-refractivity contribution < 1.29 is 0 Å². The molecule has 3 heteroatoms. The minimum atomic E-state index is -1.48. The largest absolute Gasteiger partial charge is 0.321 e. The van der Waals surface area contributed by atoms with Crippen LogP contribution >= 0.6 is 0 Å². The third kappa shape index (κ3) is 3.26. The molecule has 5 unspecified atom stereocenters. The van der Waals surface area contributed by atoms with Crippen LogP contribution in [0.1, 0.15) is 24.8 Å². The molecule has 1 saturated heterocycles. The van der Waals surface area contributed by atoms with Crippen LogP contribution < -0.4 is 5.32 Å². The molecule has 0 amide bonds. The first-order chi connectivity index (χ1) is 12.6. The maximum atomic E-state index is 3.54. The number of allylic oxidation sites excluding steroid dienone is 4. The highest BCUT2D eigenvalue weighted by Crippen LogP contribution is 2.56. The molecule has 26 heavy (non-hydrogen) atoms. The topological polar surface area (TPSA) is 15.3 Å². The summed E-state index contributed by atoms with van der Waals surface area (Å²) in [6.07, 6.45) is 11.0. The highest BCUT2D eigenvalue weighted by atomic mass is 28.3. The van der Waals surface area contributed by atoms with Crippen LogP contribution in [-0.2, 0) is 0 Å². The number of nitrogens with zero attached hydrogens (tertiary/aromatic N) is 1. The molecule has 0 spiro atoms. The summed E-state index contributed by atoms with van der Waals surface area (Å²) in [4.78, 5) is 0. The van der Waals surface area contributed by atoms with Crippen molar-refractivity contribution in [2.75, 3.05) is 26.2 Å². The average molecular weight is 367 g/mol. The summed E-state index contributed by atoms with van der Waals surface area (Å²) in [5.41, 5.74) is 2.35. The fourth-order valence-electron chi connectivity index (χ4n) is 6.20. The molecule has 2 nitrogen and oxygen atoms in total. The lowest BCUT2D eigenvalue weighted by molar-refractivity contribution is 0.338. The molecule has 4 rings (SSSR count). The molecular formula is C23H34N2Si. The molecular weight excluding hydrogens is 332 g/mol. The van der Waals surface area contributed by atoms with Crippen LogP contribution in [0.3, 0.4) is 0 Å². The molecule has 2 fully saturated rings. The van der Waals surface area contributed by atoms with Gasteiger partial charge in [0, 0.05) is 32.1 Å². The number of hydrogen-bond acceptors (Lipinski definition) is 2. The first kappa shape index (κ1) is 18.2. The Morgan fingerprint density at radius 3 is 2.42 bits per heavy atom. The van der Waals surface area contributed by atoms with E-state index in [-0.39, 0.29) is 0 Å². The maximum absolute atomic E-state index is 3.54. The zero-order valence-corrected chi connectivity index (χ0v) is 17.6. The summed E-state index contributed by atoms with van der Waals surface area (Å²) in [5, 5.41) is 3.54. The van der Waals surface area contributed by atoms with Crippen molar-refractivity contribution in [2.24, 2.45) is 17.8 Å². The summed E-state index contributed by atoms with van der Waals surface area (Å²) >= 11 is 0. The molecule has 0 bridgehead atoms. The monoisotopic (exact) mass is 366 g/mol. The Balaban J connectivity index is 1.64. The van der Waals surface area contributed by atoms with Crippen molar-refractivity contribution in [1.82, 2.24) is 9.88 Å². The third-order valence-corrected chi connectivity index (χ3v) is 12.0. The van der Waals surface area contributed by atoms with Crippen LogP contribution in [0.5, 0.6) is 0 Å². The first-order valence-corrected chi connectivity index (χ1v) is 13.5. The van der Waals surface area contributed by atoms with E-state index in [0.29, 0.717) is 5.92 Å². The van der Waals surface area contributed by atoms with E-state index in [0.717, 1.165) is 36.4 Å². The minimum absolute atomic E-state index is 0.566. The van der Waals surface area contributed by atoms with E-state index in [2.05, 4.69) is 84.5 Å². The smallest absolute Gasteiger partial charge is 0.126 e. The lowest BCUT2D eigenvalue weighted by Crippen LogP contribution is -2.60. The molecule has 5 atom stereocenters. The van der Waals surface area contributed by atoms with Crippen LogP contribution in [0, 0.1) is 17.8 Å². The number of fused-ring (bicyclic) bond motifs is 1. The van der Waals surface area contributed by atoms with Gasteiger partial charge in [-0.05, 0) is 35.3 Å². The molecule has 1 heterocycles. The zero-order chi connectivity index (χ0) is 18.1. The molecule has 3 aliphatic rings. The third-order valence-electron chi connectivity index (χ3n) is 7.32. The predicted molar refractivity (Wildman–Crippen MR) is 114 cm³/mol. The van der Waals surface area contributed by atoms with Gasteiger partial charge in [-0.1, -0.05) is 74.7 Å². The van der Waals surface area contributed by atoms with Gasteiger partial charge in [-0.2, -0.15) is 0 Å². The summed E-state index contributed by atoms with van der Waals surface area (Å²) < 4.78 is 2.89. The second-order valence-electron chi connectivity index (χ2n) is 9.08. The molecule has 1 aromatic carbocycles. The van der Waals surface area contributed by atoms with Crippen molar-refractivity contribution in [3.8, 4) is 0 Å². The number of rotatable bonds is 3. The quantitative estimate of drug-likeness (QED) is 0.784. The van der Waals surface area contributed by atoms with Gasteiger partial charge in [-0.3, -0.25) is 0 Å². The van der Waals surface area contributed by atoms with Crippen molar-refractivity contribution >= 4 is 8.24 Å². The van der Waals surface area contributed by atoms with Crippen molar-refractivity contribution in [3.05, 3.63) is 60.2 Å². The van der Waals surface area contributed by atoms with Crippen molar-refractivity contribution in [3.63, 3.8) is 0 Å². The van der Waals surface area contributed by atoms with Crippen LogP contribution in [0.4, 0.5) is 0 Å². The molecule has 1 aromatic rings. The number of benzene rings is 1. The second kappa shape index (κ2) is 7.45. The lowest BCUT2D eigenvalue weighted by Gasteiger charge is -2.47. The van der Waals surface area contributed by atoms with Gasteiger partial charge in [0.25, 0.3) is 0 Å². The summed E-state index contributed by atoms with van der Waals surface area (Å²) in [6, 6.07) is 11.2.